The van der Waals surface area contributed by atoms with Gasteiger partial charge in [0.05, 0.1) is 17.6 Å². The van der Waals surface area contributed by atoms with Gasteiger partial charge in [-0.3, -0.25) is 4.98 Å². The summed E-state index contributed by atoms with van der Waals surface area (Å²) >= 11 is 0. The van der Waals surface area contributed by atoms with Crippen LogP contribution in [0, 0.1) is 19.3 Å². The third-order valence-corrected chi connectivity index (χ3v) is 3.93. The molecule has 2 heterocycles. The molecule has 4 rings (SSSR count). The Labute approximate surface area is 150 Å². The molecule has 2 aromatic carbocycles. The molecule has 0 amide bonds. The Bertz CT molecular complexity index is 1110. The summed E-state index contributed by atoms with van der Waals surface area (Å²) in [6, 6.07) is 17.2. The van der Waals surface area contributed by atoms with E-state index in [0.29, 0.717) is 28.9 Å². The SMILES string of the molecule is C#Cc1cccc(-c2cnc(C)c(-c3nnc(-c4ccccc4)o3)n2)c1. The maximum absolute atomic E-state index is 5.82. The first-order valence-electron chi connectivity index (χ1n) is 8.04. The second-order valence-corrected chi connectivity index (χ2v) is 5.69. The van der Waals surface area contributed by atoms with Crippen LogP contribution in [-0.4, -0.2) is 20.2 Å². The number of terminal acetylenes is 1. The maximum Gasteiger partial charge on any atom is 0.268 e. The zero-order valence-electron chi connectivity index (χ0n) is 14.0. The number of rotatable bonds is 3. The maximum atomic E-state index is 5.82. The van der Waals surface area contributed by atoms with Crippen molar-refractivity contribution in [3.05, 3.63) is 72.1 Å². The summed E-state index contributed by atoms with van der Waals surface area (Å²) in [6.07, 6.45) is 7.19. The van der Waals surface area contributed by atoms with Gasteiger partial charge in [0.2, 0.25) is 5.89 Å². The van der Waals surface area contributed by atoms with Gasteiger partial charge in [-0.2, -0.15) is 0 Å². The van der Waals surface area contributed by atoms with Crippen LogP contribution in [0.2, 0.25) is 0 Å². The van der Waals surface area contributed by atoms with Gasteiger partial charge < -0.3 is 4.42 Å². The van der Waals surface area contributed by atoms with Gasteiger partial charge in [0.15, 0.2) is 0 Å². The van der Waals surface area contributed by atoms with Gasteiger partial charge in [-0.15, -0.1) is 16.6 Å². The summed E-state index contributed by atoms with van der Waals surface area (Å²) in [5.74, 6) is 3.41. The Morgan fingerprint density at radius 2 is 1.69 bits per heavy atom. The van der Waals surface area contributed by atoms with E-state index < -0.39 is 0 Å². The summed E-state index contributed by atoms with van der Waals surface area (Å²) in [6.45, 7) is 1.86. The monoisotopic (exact) mass is 338 g/mol. The van der Waals surface area contributed by atoms with Crippen molar-refractivity contribution in [2.75, 3.05) is 0 Å². The molecule has 5 heteroatoms. The third-order valence-electron chi connectivity index (χ3n) is 3.93. The molecule has 0 unspecified atom stereocenters. The van der Waals surface area contributed by atoms with E-state index >= 15 is 0 Å². The minimum atomic E-state index is 0.337. The summed E-state index contributed by atoms with van der Waals surface area (Å²) in [5, 5.41) is 8.26. The fourth-order valence-corrected chi connectivity index (χ4v) is 2.58. The lowest BCUT2D eigenvalue weighted by atomic mass is 10.1. The number of aryl methyl sites for hydroxylation is 1. The molecule has 0 radical (unpaired) electrons. The Morgan fingerprint density at radius 1 is 0.923 bits per heavy atom. The molecule has 5 nitrogen and oxygen atoms in total. The number of benzene rings is 2. The fourth-order valence-electron chi connectivity index (χ4n) is 2.58. The number of hydrogen-bond donors (Lipinski definition) is 0. The molecule has 2 aromatic heterocycles. The summed E-state index contributed by atoms with van der Waals surface area (Å²) in [4.78, 5) is 9.10. The molecule has 26 heavy (non-hydrogen) atoms. The van der Waals surface area contributed by atoms with Crippen LogP contribution in [0.15, 0.2) is 65.2 Å². The fraction of sp³-hybridized carbons (Fsp3) is 0.0476. The molecule has 0 aliphatic heterocycles. The van der Waals surface area contributed by atoms with Crippen LogP contribution in [0.25, 0.3) is 34.3 Å². The van der Waals surface area contributed by atoms with Crippen molar-refractivity contribution in [1.82, 2.24) is 20.2 Å². The van der Waals surface area contributed by atoms with Gasteiger partial charge in [-0.25, -0.2) is 4.98 Å². The van der Waals surface area contributed by atoms with Gasteiger partial charge in [0, 0.05) is 16.7 Å². The smallest absolute Gasteiger partial charge is 0.268 e. The summed E-state index contributed by atoms with van der Waals surface area (Å²) < 4.78 is 5.82. The van der Waals surface area contributed by atoms with Gasteiger partial charge in [-0.1, -0.05) is 36.3 Å². The molecule has 0 aliphatic carbocycles. The molecule has 4 aromatic rings. The van der Waals surface area contributed by atoms with Crippen LogP contribution in [0.4, 0.5) is 0 Å². The molecule has 0 fully saturated rings. The van der Waals surface area contributed by atoms with Crippen LogP contribution in [-0.2, 0) is 0 Å². The van der Waals surface area contributed by atoms with Crippen molar-refractivity contribution in [3.63, 3.8) is 0 Å². The molecule has 0 aliphatic rings. The minimum Gasteiger partial charge on any atom is -0.415 e. The van der Waals surface area contributed by atoms with Crippen LogP contribution in [0.1, 0.15) is 11.3 Å². The van der Waals surface area contributed by atoms with E-state index in [1.165, 1.54) is 0 Å². The van der Waals surface area contributed by atoms with Crippen molar-refractivity contribution in [3.8, 4) is 46.6 Å². The first-order valence-corrected chi connectivity index (χ1v) is 8.04. The number of hydrogen-bond acceptors (Lipinski definition) is 5. The van der Waals surface area contributed by atoms with Gasteiger partial charge in [0.25, 0.3) is 5.89 Å². The van der Waals surface area contributed by atoms with Gasteiger partial charge in [0.1, 0.15) is 5.69 Å². The van der Waals surface area contributed by atoms with Crippen molar-refractivity contribution < 1.29 is 4.42 Å². The van der Waals surface area contributed by atoms with E-state index in [1.54, 1.807) is 6.20 Å². The molecule has 0 saturated carbocycles. The lowest BCUT2D eigenvalue weighted by Crippen LogP contribution is -1.95. The molecule has 0 atom stereocenters. The Hall–Kier alpha value is -3.78. The minimum absolute atomic E-state index is 0.337. The van der Waals surface area contributed by atoms with Gasteiger partial charge in [-0.05, 0) is 31.2 Å². The topological polar surface area (TPSA) is 64.7 Å². The normalized spacial score (nSPS) is 10.5. The average molecular weight is 338 g/mol. The lowest BCUT2D eigenvalue weighted by Gasteiger charge is -2.05. The quantitative estimate of drug-likeness (QED) is 0.525. The molecular weight excluding hydrogens is 324 g/mol. The largest absolute Gasteiger partial charge is 0.415 e. The van der Waals surface area contributed by atoms with E-state index in [0.717, 1.165) is 16.7 Å². The van der Waals surface area contributed by atoms with E-state index in [4.69, 9.17) is 10.8 Å². The van der Waals surface area contributed by atoms with Crippen LogP contribution >= 0.6 is 0 Å². The zero-order valence-corrected chi connectivity index (χ0v) is 14.0. The number of aromatic nitrogens is 4. The first-order chi connectivity index (χ1) is 12.7. The van der Waals surface area contributed by atoms with E-state index in [2.05, 4.69) is 26.1 Å². The zero-order chi connectivity index (χ0) is 17.9. The Kier molecular flexibility index (Phi) is 4.00. The highest BCUT2D eigenvalue weighted by Crippen LogP contribution is 2.26. The predicted molar refractivity (Wildman–Crippen MR) is 98.9 cm³/mol. The first kappa shape index (κ1) is 15.7. The van der Waals surface area contributed by atoms with Crippen molar-refractivity contribution in [2.45, 2.75) is 6.92 Å². The highest BCUT2D eigenvalue weighted by Gasteiger charge is 2.16. The molecular formula is C21H14N4O. The summed E-state index contributed by atoms with van der Waals surface area (Å²) in [5.41, 5.74) is 4.50. The van der Waals surface area contributed by atoms with Crippen LogP contribution < -0.4 is 0 Å². The highest BCUT2D eigenvalue weighted by molar-refractivity contribution is 5.64. The van der Waals surface area contributed by atoms with Gasteiger partial charge >= 0.3 is 0 Å². The average Bonchev–Trinajstić information content (AvgIpc) is 3.19. The Balaban J connectivity index is 1.76. The molecule has 124 valence electrons. The molecule has 0 bridgehead atoms. The van der Waals surface area contributed by atoms with E-state index in [-0.39, 0.29) is 0 Å². The lowest BCUT2D eigenvalue weighted by molar-refractivity contribution is 0.581. The van der Waals surface area contributed by atoms with Crippen molar-refractivity contribution in [1.29, 1.82) is 0 Å². The highest BCUT2D eigenvalue weighted by atomic mass is 16.4. The third kappa shape index (κ3) is 2.96. The standard InChI is InChI=1S/C21H14N4O/c1-3-15-8-7-11-17(12-15)18-13-22-14(2)19(23-18)21-25-24-20(26-21)16-9-5-4-6-10-16/h1,4-13H,2H3. The van der Waals surface area contributed by atoms with Crippen molar-refractivity contribution in [2.24, 2.45) is 0 Å². The van der Waals surface area contributed by atoms with Crippen LogP contribution in [0.3, 0.4) is 0 Å². The molecule has 0 spiro atoms. The van der Waals surface area contributed by atoms with E-state index in [9.17, 15) is 0 Å². The second-order valence-electron chi connectivity index (χ2n) is 5.69. The second kappa shape index (κ2) is 6.61. The number of nitrogens with zero attached hydrogens (tertiary/aromatic N) is 4. The predicted octanol–water partition coefficient (Wildman–Crippen LogP) is 4.15. The van der Waals surface area contributed by atoms with E-state index in [1.807, 2.05) is 61.5 Å². The Morgan fingerprint density at radius 3 is 2.50 bits per heavy atom. The van der Waals surface area contributed by atoms with Crippen molar-refractivity contribution >= 4 is 0 Å². The summed E-state index contributed by atoms with van der Waals surface area (Å²) in [7, 11) is 0. The molecule has 0 N–H and O–H groups in total. The van der Waals surface area contributed by atoms with Crippen LogP contribution in [0.5, 0.6) is 0 Å². The molecule has 0 saturated heterocycles.